The van der Waals surface area contributed by atoms with Gasteiger partial charge in [0.05, 0.1) is 17.7 Å². The van der Waals surface area contributed by atoms with Crippen molar-refractivity contribution in [1.82, 2.24) is 5.32 Å². The van der Waals surface area contributed by atoms with Gasteiger partial charge in [-0.15, -0.1) is 0 Å². The first-order valence-corrected chi connectivity index (χ1v) is 14.9. The second kappa shape index (κ2) is 8.58. The number of Topliss-reactive ketones (excluding diaryl/α,β-unsaturated/α-hetero) is 1. The normalized spacial score (nSPS) is 47.4. The van der Waals surface area contributed by atoms with E-state index in [-0.39, 0.29) is 34.4 Å². The number of nitriles is 1. The van der Waals surface area contributed by atoms with Crippen LogP contribution in [0, 0.1) is 62.1 Å². The number of nitrogens with one attached hydrogen (secondary N) is 1. The lowest BCUT2D eigenvalue weighted by Gasteiger charge is -2.72. The highest BCUT2D eigenvalue weighted by Gasteiger charge is 2.72. The lowest BCUT2D eigenvalue weighted by atomic mass is 9.32. The molecule has 0 aliphatic heterocycles. The van der Waals surface area contributed by atoms with Gasteiger partial charge >= 0.3 is 12.1 Å². The molecule has 0 aromatic heterocycles. The van der Waals surface area contributed by atoms with E-state index in [1.165, 1.54) is 0 Å². The van der Waals surface area contributed by atoms with Crippen LogP contribution in [0.3, 0.4) is 0 Å². The van der Waals surface area contributed by atoms with E-state index in [0.29, 0.717) is 44.1 Å². The zero-order valence-electron chi connectivity index (χ0n) is 25.0. The summed E-state index contributed by atoms with van der Waals surface area (Å²) in [6.07, 6.45) is 0.803. The van der Waals surface area contributed by atoms with Crippen LogP contribution in [0.5, 0.6) is 0 Å². The zero-order chi connectivity index (χ0) is 29.9. The third kappa shape index (κ3) is 3.81. The van der Waals surface area contributed by atoms with Crippen molar-refractivity contribution in [2.24, 2.45) is 50.7 Å². The van der Waals surface area contributed by atoms with E-state index in [9.17, 15) is 33.1 Å². The van der Waals surface area contributed by atoms with Crippen molar-refractivity contribution in [1.29, 1.82) is 5.26 Å². The Labute approximate surface area is 236 Å². The molecule has 5 rings (SSSR count). The van der Waals surface area contributed by atoms with Gasteiger partial charge in [-0.1, -0.05) is 54.5 Å². The molecule has 0 aromatic rings. The number of fused-ring (bicyclic) bond motifs is 7. The van der Waals surface area contributed by atoms with Crippen LogP contribution < -0.4 is 5.32 Å². The Morgan fingerprint density at radius 3 is 2.23 bits per heavy atom. The quantitative estimate of drug-likeness (QED) is 0.381. The average molecular weight is 563 g/mol. The molecule has 9 atom stereocenters. The Kier molecular flexibility index (Phi) is 6.35. The molecule has 40 heavy (non-hydrogen) atoms. The van der Waals surface area contributed by atoms with Crippen LogP contribution in [0.25, 0.3) is 0 Å². The third-order valence-corrected chi connectivity index (χ3v) is 13.3. The minimum Gasteiger partial charge on any atom is -0.387 e. The highest BCUT2D eigenvalue weighted by atomic mass is 19.4. The van der Waals surface area contributed by atoms with E-state index in [1.807, 2.05) is 19.9 Å². The number of halogens is 3. The van der Waals surface area contributed by atoms with Crippen molar-refractivity contribution < 1.29 is 27.9 Å². The van der Waals surface area contributed by atoms with Gasteiger partial charge in [-0.3, -0.25) is 9.59 Å². The summed E-state index contributed by atoms with van der Waals surface area (Å²) in [5.74, 6) is -2.62. The largest absolute Gasteiger partial charge is 0.471 e. The number of allylic oxidation sites excluding steroid dienone is 1. The number of rotatable bonds is 1. The maximum absolute atomic E-state index is 14.4. The smallest absolute Gasteiger partial charge is 0.387 e. The third-order valence-electron chi connectivity index (χ3n) is 13.3. The molecule has 0 aromatic carbocycles. The fourth-order valence-corrected chi connectivity index (χ4v) is 11.0. The SMILES string of the molecule is CC1(C)CCC2(NC(=O)C(F)(F)F)CCC3(C)C(C(=O)CC4C5(C)C=C(C#N)C(O)C(C)(C)C5CCC43C)C2C1. The molecule has 0 bridgehead atoms. The van der Waals surface area contributed by atoms with E-state index in [2.05, 4.69) is 46.0 Å². The van der Waals surface area contributed by atoms with Crippen molar-refractivity contribution in [2.45, 2.75) is 118 Å². The van der Waals surface area contributed by atoms with Gasteiger partial charge in [-0.25, -0.2) is 0 Å². The fraction of sp³-hybridized carbons (Fsp3) is 0.844. The highest BCUT2D eigenvalue weighted by Crippen LogP contribution is 2.75. The number of carbonyl (C=O) groups is 2. The molecule has 8 heteroatoms. The predicted molar refractivity (Wildman–Crippen MR) is 144 cm³/mol. The van der Waals surface area contributed by atoms with Gasteiger partial charge in [0.1, 0.15) is 5.78 Å². The van der Waals surface area contributed by atoms with Gasteiger partial charge < -0.3 is 10.4 Å². The second-order valence-corrected chi connectivity index (χ2v) is 16.0. The van der Waals surface area contributed by atoms with Crippen molar-refractivity contribution >= 4 is 11.7 Å². The fourth-order valence-electron chi connectivity index (χ4n) is 11.0. The van der Waals surface area contributed by atoms with Crippen LogP contribution >= 0.6 is 0 Å². The number of hydrogen-bond acceptors (Lipinski definition) is 4. The Morgan fingerprint density at radius 1 is 1.00 bits per heavy atom. The molecule has 0 spiro atoms. The topological polar surface area (TPSA) is 90.2 Å². The number of amides is 1. The molecule has 9 unspecified atom stereocenters. The molecule has 4 saturated carbocycles. The monoisotopic (exact) mass is 562 g/mol. The standard InChI is InChI=1S/C32H45F3N2O3/c1-26(2)10-12-31(37-25(40)32(33,34)35)13-11-30(7)23(19(31)16-26)20(38)14-22-28(5)15-18(17-36)24(39)27(3,4)21(28)8-9-29(22,30)6/h15,19,21-24,39H,8-14,16H2,1-7H3,(H,37,40). The molecule has 0 heterocycles. The van der Waals surface area contributed by atoms with E-state index in [1.54, 1.807) is 0 Å². The zero-order valence-corrected chi connectivity index (χ0v) is 25.0. The molecule has 1 amide bonds. The van der Waals surface area contributed by atoms with Crippen molar-refractivity contribution in [3.63, 3.8) is 0 Å². The maximum Gasteiger partial charge on any atom is 0.471 e. The highest BCUT2D eigenvalue weighted by molar-refractivity contribution is 5.86. The van der Waals surface area contributed by atoms with Gasteiger partial charge in [0.2, 0.25) is 0 Å². The van der Waals surface area contributed by atoms with E-state index < -0.39 is 45.9 Å². The van der Waals surface area contributed by atoms with Gasteiger partial charge in [0.25, 0.3) is 0 Å². The van der Waals surface area contributed by atoms with Crippen LogP contribution in [0.4, 0.5) is 13.2 Å². The average Bonchev–Trinajstić information content (AvgIpc) is 2.83. The molecule has 5 nitrogen and oxygen atoms in total. The minimum absolute atomic E-state index is 0.0588. The number of nitrogens with zero attached hydrogens (tertiary/aromatic N) is 1. The van der Waals surface area contributed by atoms with Crippen molar-refractivity contribution in [2.75, 3.05) is 0 Å². The van der Waals surface area contributed by atoms with E-state index >= 15 is 0 Å². The second-order valence-electron chi connectivity index (χ2n) is 16.0. The van der Waals surface area contributed by atoms with Gasteiger partial charge in [-0.05, 0) is 89.8 Å². The summed E-state index contributed by atoms with van der Waals surface area (Å²) in [6.45, 7) is 14.9. The maximum atomic E-state index is 14.4. The number of aliphatic hydroxyl groups is 1. The molecule has 222 valence electrons. The van der Waals surface area contributed by atoms with Crippen LogP contribution in [0.1, 0.15) is 99.8 Å². The number of aliphatic hydroxyl groups excluding tert-OH is 1. The lowest BCUT2D eigenvalue weighted by Crippen LogP contribution is -2.72. The minimum atomic E-state index is -4.98. The first-order valence-electron chi connectivity index (χ1n) is 14.9. The van der Waals surface area contributed by atoms with Crippen LogP contribution in [0.2, 0.25) is 0 Å². The summed E-state index contributed by atoms with van der Waals surface area (Å²) in [4.78, 5) is 26.8. The Morgan fingerprint density at radius 2 is 1.62 bits per heavy atom. The molecule has 0 saturated heterocycles. The summed E-state index contributed by atoms with van der Waals surface area (Å²) >= 11 is 0. The number of carbonyl (C=O) groups excluding carboxylic acids is 2. The predicted octanol–water partition coefficient (Wildman–Crippen LogP) is 6.51. The molecular weight excluding hydrogens is 517 g/mol. The summed E-state index contributed by atoms with van der Waals surface area (Å²) in [5.41, 5.74) is -2.61. The van der Waals surface area contributed by atoms with E-state index in [0.717, 1.165) is 12.8 Å². The number of alkyl halides is 3. The Hall–Kier alpha value is -1.88. The summed E-state index contributed by atoms with van der Waals surface area (Å²) < 4.78 is 40.5. The van der Waals surface area contributed by atoms with Crippen LogP contribution in [-0.4, -0.2) is 34.6 Å². The molecular formula is C32H45F3N2O3. The van der Waals surface area contributed by atoms with Crippen LogP contribution in [-0.2, 0) is 9.59 Å². The van der Waals surface area contributed by atoms with Crippen molar-refractivity contribution in [3.8, 4) is 6.07 Å². The Balaban J connectivity index is 1.61. The first-order chi connectivity index (χ1) is 18.2. The number of ketones is 1. The van der Waals surface area contributed by atoms with Crippen LogP contribution in [0.15, 0.2) is 11.6 Å². The van der Waals surface area contributed by atoms with Gasteiger partial charge in [0, 0.05) is 17.9 Å². The molecule has 5 aliphatic carbocycles. The summed E-state index contributed by atoms with van der Waals surface area (Å²) in [6, 6.07) is 2.23. The summed E-state index contributed by atoms with van der Waals surface area (Å²) in [7, 11) is 0. The van der Waals surface area contributed by atoms with E-state index in [4.69, 9.17) is 0 Å². The Bertz CT molecular complexity index is 1200. The lowest BCUT2D eigenvalue weighted by molar-refractivity contribution is -0.222. The van der Waals surface area contributed by atoms with Crippen molar-refractivity contribution in [3.05, 3.63) is 11.6 Å². The summed E-state index contributed by atoms with van der Waals surface area (Å²) in [5, 5.41) is 23.4. The number of hydrogen-bond donors (Lipinski definition) is 2. The molecule has 2 N–H and O–H groups in total. The van der Waals surface area contributed by atoms with Gasteiger partial charge in [-0.2, -0.15) is 18.4 Å². The molecule has 5 aliphatic rings. The molecule has 4 fully saturated rings. The molecule has 0 radical (unpaired) electrons. The first kappa shape index (κ1) is 29.6. The van der Waals surface area contributed by atoms with Gasteiger partial charge in [0.15, 0.2) is 0 Å².